The number of hydrogen-bond acceptors (Lipinski definition) is 3. The first kappa shape index (κ1) is 16.2. The maximum atomic E-state index is 10.7. The molecule has 0 saturated carbocycles. The van der Waals surface area contributed by atoms with Gasteiger partial charge in [-0.25, -0.2) is 8.42 Å². The van der Waals surface area contributed by atoms with E-state index in [0.717, 1.165) is 11.1 Å². The number of para-hydroxylation sites is 1. The van der Waals surface area contributed by atoms with Crippen LogP contribution in [-0.2, 0) is 16.7 Å². The first-order valence-electron chi connectivity index (χ1n) is 5.40. The van der Waals surface area contributed by atoms with Crippen molar-refractivity contribution in [1.29, 1.82) is 0 Å². The normalized spacial score (nSPS) is 10.6. The predicted octanol–water partition coefficient (Wildman–Crippen LogP) is -0.847. The van der Waals surface area contributed by atoms with Crippen molar-refractivity contribution in [3.8, 4) is 0 Å². The quantitative estimate of drug-likeness (QED) is 0.588. The third kappa shape index (κ3) is 5.34. The van der Waals surface area contributed by atoms with Crippen molar-refractivity contribution in [2.24, 2.45) is 0 Å². The molecule has 19 heavy (non-hydrogen) atoms. The Bertz CT molecular complexity index is 629. The van der Waals surface area contributed by atoms with Crippen LogP contribution in [0.3, 0.4) is 0 Å². The van der Waals surface area contributed by atoms with Gasteiger partial charge in [0.2, 0.25) is 0 Å². The second kappa shape index (κ2) is 7.07. The van der Waals surface area contributed by atoms with Crippen LogP contribution in [0.2, 0.25) is 0 Å². The Kier molecular flexibility index (Phi) is 6.03. The van der Waals surface area contributed by atoms with Gasteiger partial charge in [0.15, 0.2) is 10.3 Å². The van der Waals surface area contributed by atoms with Crippen LogP contribution >= 0.6 is 0 Å². The summed E-state index contributed by atoms with van der Waals surface area (Å²) in [6, 6.07) is 16.5. The summed E-state index contributed by atoms with van der Waals surface area (Å²) in [5.74, 6) is 0. The number of anilines is 1. The van der Waals surface area contributed by atoms with Gasteiger partial charge in [0.25, 0.3) is 0 Å². The summed E-state index contributed by atoms with van der Waals surface area (Å²) in [5.41, 5.74) is 2.15. The van der Waals surface area contributed by atoms with Crippen molar-refractivity contribution in [3.63, 3.8) is 0 Å². The fourth-order valence-corrected chi connectivity index (χ4v) is 2.19. The molecular weight excluding hydrogens is 273 g/mol. The van der Waals surface area contributed by atoms with Crippen LogP contribution in [-0.4, -0.2) is 13.0 Å². The molecule has 0 bridgehead atoms. The van der Waals surface area contributed by atoms with E-state index in [4.69, 9.17) is 0 Å². The molecule has 4 nitrogen and oxygen atoms in total. The molecule has 1 N–H and O–H groups in total. The SMILES string of the molecule is O=S(=O)([O-])Nc1ccccc1Cc1ccccc1.[Na+]. The van der Waals surface area contributed by atoms with Crippen molar-refractivity contribution in [3.05, 3.63) is 65.7 Å². The van der Waals surface area contributed by atoms with Crippen LogP contribution in [0.1, 0.15) is 11.1 Å². The third-order valence-corrected chi connectivity index (χ3v) is 2.96. The maximum Gasteiger partial charge on any atom is 1.00 e. The molecule has 0 radical (unpaired) electrons. The van der Waals surface area contributed by atoms with Crippen molar-refractivity contribution in [1.82, 2.24) is 0 Å². The van der Waals surface area contributed by atoms with E-state index < -0.39 is 10.3 Å². The van der Waals surface area contributed by atoms with E-state index in [2.05, 4.69) is 0 Å². The minimum atomic E-state index is -4.49. The average molecular weight is 285 g/mol. The standard InChI is InChI=1S/C13H13NO3S.Na/c15-18(16,17)14-13-9-5-4-8-12(13)10-11-6-2-1-3-7-11;/h1-9,14H,10H2,(H,15,16,17);/q;+1/p-1. The minimum absolute atomic E-state index is 0. The number of nitrogens with one attached hydrogen (secondary N) is 1. The Morgan fingerprint density at radius 3 is 2.16 bits per heavy atom. The molecular formula is C13H12NNaO3S. The number of hydrogen-bond donors (Lipinski definition) is 1. The van der Waals surface area contributed by atoms with Gasteiger partial charge in [-0.2, -0.15) is 0 Å². The molecule has 0 heterocycles. The fourth-order valence-electron chi connectivity index (χ4n) is 1.72. The summed E-state index contributed by atoms with van der Waals surface area (Å²) in [4.78, 5) is 0. The van der Waals surface area contributed by atoms with Gasteiger partial charge in [-0.1, -0.05) is 48.5 Å². The predicted molar refractivity (Wildman–Crippen MR) is 69.0 cm³/mol. The Morgan fingerprint density at radius 2 is 1.53 bits per heavy atom. The van der Waals surface area contributed by atoms with E-state index in [1.54, 1.807) is 24.3 Å². The summed E-state index contributed by atoms with van der Waals surface area (Å²) in [5, 5.41) is 0. The monoisotopic (exact) mass is 285 g/mol. The molecule has 0 atom stereocenters. The average Bonchev–Trinajstić information content (AvgIpc) is 2.31. The smallest absolute Gasteiger partial charge is 0.731 e. The molecule has 0 fully saturated rings. The van der Waals surface area contributed by atoms with Crippen molar-refractivity contribution in [2.75, 3.05) is 4.72 Å². The largest absolute Gasteiger partial charge is 1.00 e. The van der Waals surface area contributed by atoms with E-state index in [-0.39, 0.29) is 29.6 Å². The van der Waals surface area contributed by atoms with Crippen LogP contribution in [0.15, 0.2) is 54.6 Å². The van der Waals surface area contributed by atoms with Gasteiger partial charge in [-0.3, -0.25) is 4.72 Å². The molecule has 2 aromatic rings. The topological polar surface area (TPSA) is 69.2 Å². The van der Waals surface area contributed by atoms with Crippen LogP contribution in [0, 0.1) is 0 Å². The zero-order valence-corrected chi connectivity index (χ0v) is 13.4. The molecule has 2 aromatic carbocycles. The summed E-state index contributed by atoms with van der Waals surface area (Å²) >= 11 is 0. The molecule has 6 heteroatoms. The molecule has 94 valence electrons. The van der Waals surface area contributed by atoms with E-state index in [1.807, 2.05) is 35.1 Å². The second-order valence-corrected chi connectivity index (χ2v) is 4.99. The van der Waals surface area contributed by atoms with Crippen LogP contribution in [0.4, 0.5) is 5.69 Å². The Hall–Kier alpha value is -0.850. The second-order valence-electron chi connectivity index (χ2n) is 3.88. The molecule has 0 aliphatic rings. The third-order valence-electron chi connectivity index (χ3n) is 2.49. The van der Waals surface area contributed by atoms with Gasteiger partial charge in [0, 0.05) is 0 Å². The van der Waals surface area contributed by atoms with Gasteiger partial charge in [-0.15, -0.1) is 0 Å². The molecule has 0 saturated heterocycles. The van der Waals surface area contributed by atoms with Gasteiger partial charge in [-0.05, 0) is 23.6 Å². The molecule has 0 aliphatic carbocycles. The summed E-state index contributed by atoms with van der Waals surface area (Å²) in [6.07, 6.45) is 0.569. The number of benzene rings is 2. The van der Waals surface area contributed by atoms with Crippen molar-refractivity contribution >= 4 is 16.0 Å². The minimum Gasteiger partial charge on any atom is -0.731 e. The number of rotatable bonds is 4. The Balaban J connectivity index is 0.00000180. The zero-order chi connectivity index (χ0) is 13.0. The van der Waals surface area contributed by atoms with Crippen LogP contribution < -0.4 is 34.3 Å². The Morgan fingerprint density at radius 1 is 0.947 bits per heavy atom. The van der Waals surface area contributed by atoms with E-state index in [9.17, 15) is 13.0 Å². The molecule has 0 aromatic heterocycles. The van der Waals surface area contributed by atoms with Crippen molar-refractivity contribution in [2.45, 2.75) is 6.42 Å². The van der Waals surface area contributed by atoms with Crippen LogP contribution in [0.5, 0.6) is 0 Å². The van der Waals surface area contributed by atoms with Gasteiger partial charge >= 0.3 is 29.6 Å². The first-order chi connectivity index (χ1) is 8.54. The van der Waals surface area contributed by atoms with Gasteiger partial charge in [0.05, 0.1) is 5.69 Å². The Labute approximate surface area is 135 Å². The van der Waals surface area contributed by atoms with Crippen LogP contribution in [0.25, 0.3) is 0 Å². The summed E-state index contributed by atoms with van der Waals surface area (Å²) < 4.78 is 34.2. The zero-order valence-electron chi connectivity index (χ0n) is 10.5. The molecule has 0 spiro atoms. The summed E-state index contributed by atoms with van der Waals surface area (Å²) in [7, 11) is -4.49. The first-order valence-corrected chi connectivity index (χ1v) is 6.81. The van der Waals surface area contributed by atoms with E-state index >= 15 is 0 Å². The molecule has 2 rings (SSSR count). The molecule has 0 aliphatic heterocycles. The maximum absolute atomic E-state index is 10.7. The van der Waals surface area contributed by atoms with Crippen molar-refractivity contribution < 1.29 is 42.5 Å². The summed E-state index contributed by atoms with van der Waals surface area (Å²) in [6.45, 7) is 0. The molecule has 0 unspecified atom stereocenters. The fraction of sp³-hybridized carbons (Fsp3) is 0.0769. The van der Waals surface area contributed by atoms with E-state index in [1.165, 1.54) is 0 Å². The van der Waals surface area contributed by atoms with E-state index in [0.29, 0.717) is 12.1 Å². The van der Waals surface area contributed by atoms with Gasteiger partial charge in [0.1, 0.15) is 0 Å². The van der Waals surface area contributed by atoms with Gasteiger partial charge < -0.3 is 4.55 Å². The molecule has 0 amide bonds.